The van der Waals surface area contributed by atoms with Crippen molar-refractivity contribution in [3.63, 3.8) is 0 Å². The molecule has 1 heterocycles. The number of aryl methyl sites for hydroxylation is 3. The van der Waals surface area contributed by atoms with Crippen molar-refractivity contribution in [1.29, 1.82) is 0 Å². The molecular weight excluding hydrogens is 376 g/mol. The second kappa shape index (κ2) is 8.00. The Bertz CT molecular complexity index is 1220. The number of hydrogen-bond donors (Lipinski definition) is 0. The summed E-state index contributed by atoms with van der Waals surface area (Å²) in [7, 11) is 0. The Balaban J connectivity index is 2.17. The predicted molar refractivity (Wildman–Crippen MR) is 131 cm³/mol. The summed E-state index contributed by atoms with van der Waals surface area (Å²) < 4.78 is 5.04. The van der Waals surface area contributed by atoms with Crippen LogP contribution in [0.15, 0.2) is 66.7 Å². The van der Waals surface area contributed by atoms with Crippen molar-refractivity contribution in [1.82, 2.24) is 4.57 Å². The number of aromatic nitrogens is 2. The third-order valence-corrected chi connectivity index (χ3v) is 6.68. The van der Waals surface area contributed by atoms with E-state index in [9.17, 15) is 0 Å². The van der Waals surface area contributed by atoms with Crippen molar-refractivity contribution in [3.05, 3.63) is 94.8 Å². The maximum atomic E-state index is 2.53. The van der Waals surface area contributed by atoms with Gasteiger partial charge in [0.1, 0.15) is 5.69 Å². The molecule has 2 nitrogen and oxygen atoms in total. The van der Waals surface area contributed by atoms with E-state index in [1.807, 2.05) is 0 Å². The van der Waals surface area contributed by atoms with Crippen LogP contribution < -0.4 is 4.57 Å². The smallest absolute Gasteiger partial charge is 0.226 e. The molecule has 0 saturated carbocycles. The summed E-state index contributed by atoms with van der Waals surface area (Å²) in [6, 6.07) is 24.4. The number of rotatable bonds is 5. The van der Waals surface area contributed by atoms with E-state index in [2.05, 4.69) is 124 Å². The highest BCUT2D eigenvalue weighted by Gasteiger charge is 2.41. The van der Waals surface area contributed by atoms with Crippen LogP contribution in [0.25, 0.3) is 16.7 Å². The summed E-state index contributed by atoms with van der Waals surface area (Å²) in [5.74, 6) is 1.81. The second-order valence-electron chi connectivity index (χ2n) is 9.50. The first kappa shape index (κ1) is 21.4. The lowest BCUT2D eigenvalue weighted by Crippen LogP contribution is -2.44. The van der Waals surface area contributed by atoms with Gasteiger partial charge in [0.15, 0.2) is 11.0 Å². The maximum Gasteiger partial charge on any atom is 0.272 e. The molecule has 160 valence electrons. The Morgan fingerprint density at radius 2 is 1.45 bits per heavy atom. The minimum Gasteiger partial charge on any atom is -0.226 e. The van der Waals surface area contributed by atoms with Crippen molar-refractivity contribution in [2.75, 3.05) is 0 Å². The second-order valence-corrected chi connectivity index (χ2v) is 9.50. The molecule has 4 aromatic rings. The van der Waals surface area contributed by atoms with Crippen molar-refractivity contribution in [2.24, 2.45) is 0 Å². The number of benzene rings is 3. The van der Waals surface area contributed by atoms with Crippen molar-refractivity contribution < 1.29 is 4.57 Å². The molecule has 0 aliphatic heterocycles. The van der Waals surface area contributed by atoms with Crippen LogP contribution in [0.4, 0.5) is 0 Å². The Kier molecular flexibility index (Phi) is 5.51. The highest BCUT2D eigenvalue weighted by atomic mass is 15.2. The zero-order valence-corrected chi connectivity index (χ0v) is 20.0. The third-order valence-electron chi connectivity index (χ3n) is 6.68. The summed E-state index contributed by atoms with van der Waals surface area (Å²) in [4.78, 5) is 0. The van der Waals surface area contributed by atoms with Crippen LogP contribution in [0.3, 0.4) is 0 Å². The van der Waals surface area contributed by atoms with Crippen LogP contribution in [-0.2, 0) is 12.0 Å². The molecule has 0 aliphatic rings. The summed E-state index contributed by atoms with van der Waals surface area (Å²) in [5, 5.41) is 0. The van der Waals surface area contributed by atoms with E-state index < -0.39 is 0 Å². The van der Waals surface area contributed by atoms with E-state index in [-0.39, 0.29) is 5.41 Å². The van der Waals surface area contributed by atoms with Gasteiger partial charge in [-0.1, -0.05) is 68.4 Å². The fourth-order valence-corrected chi connectivity index (χ4v) is 5.24. The van der Waals surface area contributed by atoms with Gasteiger partial charge < -0.3 is 0 Å². The molecule has 0 amide bonds. The predicted octanol–water partition coefficient (Wildman–Crippen LogP) is 7.00. The quantitative estimate of drug-likeness (QED) is 0.313. The monoisotopic (exact) mass is 411 g/mol. The molecule has 0 fully saturated rings. The van der Waals surface area contributed by atoms with E-state index in [1.54, 1.807) is 0 Å². The average Bonchev–Trinajstić information content (AvgIpc) is 3.08. The van der Waals surface area contributed by atoms with Gasteiger partial charge in [-0.05, 0) is 74.9 Å². The van der Waals surface area contributed by atoms with E-state index in [4.69, 9.17) is 0 Å². The normalized spacial score (nSPS) is 12.1. The van der Waals surface area contributed by atoms with Gasteiger partial charge in [0.25, 0.3) is 5.82 Å². The Labute approximate surface area is 187 Å². The fraction of sp³-hybridized carbons (Fsp3) is 0.345. The van der Waals surface area contributed by atoms with Gasteiger partial charge >= 0.3 is 0 Å². The van der Waals surface area contributed by atoms with Crippen molar-refractivity contribution >= 4 is 11.0 Å². The first-order valence-corrected chi connectivity index (χ1v) is 11.5. The highest BCUT2D eigenvalue weighted by Crippen LogP contribution is 2.38. The molecule has 4 rings (SSSR count). The van der Waals surface area contributed by atoms with E-state index in [0.717, 1.165) is 6.54 Å². The van der Waals surface area contributed by atoms with Crippen LogP contribution >= 0.6 is 0 Å². The Hall–Kier alpha value is -2.87. The first-order chi connectivity index (χ1) is 14.8. The molecule has 0 bridgehead atoms. The topological polar surface area (TPSA) is 8.81 Å². The van der Waals surface area contributed by atoms with Crippen LogP contribution in [0.1, 0.15) is 68.6 Å². The highest BCUT2D eigenvalue weighted by molar-refractivity contribution is 5.76. The zero-order valence-electron chi connectivity index (χ0n) is 20.0. The standard InChI is InChI=1S/C29H35N2/c1-8-30-25-18-11-12-19-26(25)31(27-21(4)14-13-15-22(27)5)28(30)29(6,7)24-17-10-9-16-23(24)20(2)3/h9-20H,8H2,1-7H3/q+1. The molecule has 31 heavy (non-hydrogen) atoms. The zero-order chi connectivity index (χ0) is 22.3. The average molecular weight is 412 g/mol. The lowest BCUT2D eigenvalue weighted by molar-refractivity contribution is -0.679. The molecule has 0 spiro atoms. The summed E-state index contributed by atoms with van der Waals surface area (Å²) >= 11 is 0. The van der Waals surface area contributed by atoms with Gasteiger partial charge in [-0.2, -0.15) is 4.57 Å². The maximum absolute atomic E-state index is 2.53. The molecule has 0 radical (unpaired) electrons. The van der Waals surface area contributed by atoms with E-state index in [1.165, 1.54) is 44.8 Å². The number of para-hydroxylation sites is 3. The third kappa shape index (κ3) is 3.39. The Morgan fingerprint density at radius 3 is 2.10 bits per heavy atom. The van der Waals surface area contributed by atoms with E-state index >= 15 is 0 Å². The van der Waals surface area contributed by atoms with Gasteiger partial charge in [0.05, 0.1) is 12.0 Å². The van der Waals surface area contributed by atoms with Gasteiger partial charge in [0.2, 0.25) is 0 Å². The van der Waals surface area contributed by atoms with Gasteiger partial charge in [-0.15, -0.1) is 0 Å². The van der Waals surface area contributed by atoms with Crippen molar-refractivity contribution in [2.45, 2.75) is 66.3 Å². The summed E-state index contributed by atoms with van der Waals surface area (Å²) in [5.41, 5.74) is 9.12. The van der Waals surface area contributed by atoms with Gasteiger partial charge in [-0.25, -0.2) is 4.57 Å². The number of nitrogens with zero attached hydrogens (tertiary/aromatic N) is 2. The molecule has 3 aromatic carbocycles. The minimum atomic E-state index is -0.176. The molecular formula is C29H35N2+. The molecule has 1 aromatic heterocycles. The lowest BCUT2D eigenvalue weighted by atomic mass is 9.78. The summed E-state index contributed by atoms with van der Waals surface area (Å²) in [6.45, 7) is 17.0. The SMILES string of the molecule is CC[n+]1c(C(C)(C)c2ccccc2C(C)C)n(-c2c(C)cccc2C)c2ccccc21. The van der Waals surface area contributed by atoms with Crippen LogP contribution in [0, 0.1) is 13.8 Å². The largest absolute Gasteiger partial charge is 0.272 e. The first-order valence-electron chi connectivity index (χ1n) is 11.5. The van der Waals surface area contributed by atoms with Crippen LogP contribution in [0.5, 0.6) is 0 Å². The van der Waals surface area contributed by atoms with Crippen LogP contribution in [0.2, 0.25) is 0 Å². The molecule has 0 atom stereocenters. The number of hydrogen-bond acceptors (Lipinski definition) is 0. The molecule has 0 N–H and O–H groups in total. The molecule has 2 heteroatoms. The molecule has 0 aliphatic carbocycles. The molecule has 0 unspecified atom stereocenters. The van der Waals surface area contributed by atoms with Crippen LogP contribution in [-0.4, -0.2) is 4.57 Å². The minimum absolute atomic E-state index is 0.176. The lowest BCUT2D eigenvalue weighted by Gasteiger charge is -2.27. The van der Waals surface area contributed by atoms with Crippen molar-refractivity contribution in [3.8, 4) is 5.69 Å². The number of fused-ring (bicyclic) bond motifs is 1. The molecule has 0 saturated heterocycles. The van der Waals surface area contributed by atoms with Gasteiger partial charge in [-0.3, -0.25) is 0 Å². The Morgan fingerprint density at radius 1 is 0.839 bits per heavy atom. The van der Waals surface area contributed by atoms with Gasteiger partial charge in [0, 0.05) is 0 Å². The number of imidazole rings is 1. The fourth-order valence-electron chi connectivity index (χ4n) is 5.24. The van der Waals surface area contributed by atoms with E-state index in [0.29, 0.717) is 5.92 Å². The summed E-state index contributed by atoms with van der Waals surface area (Å²) in [6.07, 6.45) is 0.